The van der Waals surface area contributed by atoms with Crippen molar-refractivity contribution >= 4 is 17.6 Å². The Labute approximate surface area is 147 Å². The molecule has 0 aliphatic carbocycles. The van der Waals surface area contributed by atoms with E-state index < -0.39 is 18.0 Å². The lowest BCUT2D eigenvalue weighted by Crippen LogP contribution is -2.30. The molecule has 4 nitrogen and oxygen atoms in total. The van der Waals surface area contributed by atoms with Crippen LogP contribution in [0.3, 0.4) is 0 Å². The highest BCUT2D eigenvalue weighted by Gasteiger charge is 2.19. The third-order valence-corrected chi connectivity index (χ3v) is 3.96. The molecule has 2 aromatic carbocycles. The van der Waals surface area contributed by atoms with Crippen LogP contribution in [0.2, 0.25) is 0 Å². The highest BCUT2D eigenvalue weighted by atomic mass is 19.1. The van der Waals surface area contributed by atoms with Crippen LogP contribution in [-0.2, 0) is 20.7 Å². The minimum absolute atomic E-state index is 0.0158. The molecule has 0 unspecified atom stereocenters. The predicted molar refractivity (Wildman–Crippen MR) is 94.8 cm³/mol. The average Bonchev–Trinajstić information content (AvgIpc) is 2.57. The van der Waals surface area contributed by atoms with Gasteiger partial charge in [0.2, 0.25) is 0 Å². The first-order valence-corrected chi connectivity index (χ1v) is 8.18. The van der Waals surface area contributed by atoms with Crippen LogP contribution in [0.25, 0.3) is 0 Å². The molecular weight excluding hydrogens is 321 g/mol. The lowest BCUT2D eigenvalue weighted by atomic mass is 10.1. The van der Waals surface area contributed by atoms with Crippen molar-refractivity contribution in [3.63, 3.8) is 0 Å². The number of benzene rings is 2. The summed E-state index contributed by atoms with van der Waals surface area (Å²) in [6, 6.07) is 12.0. The van der Waals surface area contributed by atoms with Crippen LogP contribution in [0.15, 0.2) is 42.5 Å². The van der Waals surface area contributed by atoms with Gasteiger partial charge in [0.15, 0.2) is 6.10 Å². The number of carbonyl (C=O) groups excluding carboxylic acids is 2. The maximum Gasteiger partial charge on any atom is 0.306 e. The quantitative estimate of drug-likeness (QED) is 0.808. The van der Waals surface area contributed by atoms with Gasteiger partial charge in [0.25, 0.3) is 5.91 Å². The first-order valence-electron chi connectivity index (χ1n) is 8.18. The van der Waals surface area contributed by atoms with Crippen LogP contribution in [0.4, 0.5) is 10.1 Å². The number of halogens is 1. The number of ether oxygens (including phenoxy) is 1. The van der Waals surface area contributed by atoms with Gasteiger partial charge in [0.1, 0.15) is 5.82 Å². The van der Waals surface area contributed by atoms with E-state index in [1.807, 2.05) is 32.0 Å². The van der Waals surface area contributed by atoms with Gasteiger partial charge in [0, 0.05) is 12.1 Å². The molecule has 1 amide bonds. The first-order chi connectivity index (χ1) is 11.9. The number of rotatable bonds is 6. The summed E-state index contributed by atoms with van der Waals surface area (Å²) in [6.07, 6.45) is -0.675. The van der Waals surface area contributed by atoms with Crippen molar-refractivity contribution in [3.8, 4) is 0 Å². The van der Waals surface area contributed by atoms with Gasteiger partial charge >= 0.3 is 5.97 Å². The van der Waals surface area contributed by atoms with Crippen LogP contribution in [0.1, 0.15) is 30.0 Å². The molecule has 0 heterocycles. The Morgan fingerprint density at radius 2 is 1.72 bits per heavy atom. The van der Waals surface area contributed by atoms with Gasteiger partial charge < -0.3 is 10.1 Å². The zero-order valence-electron chi connectivity index (χ0n) is 14.6. The normalized spacial score (nSPS) is 11.7. The predicted octanol–water partition coefficient (Wildman–Crippen LogP) is 3.95. The fourth-order valence-electron chi connectivity index (χ4n) is 2.48. The summed E-state index contributed by atoms with van der Waals surface area (Å²) in [6.45, 7) is 5.31. The molecule has 25 heavy (non-hydrogen) atoms. The van der Waals surface area contributed by atoms with Gasteiger partial charge in [-0.15, -0.1) is 0 Å². The summed E-state index contributed by atoms with van der Waals surface area (Å²) < 4.78 is 18.7. The van der Waals surface area contributed by atoms with Gasteiger partial charge in [-0.2, -0.15) is 0 Å². The smallest absolute Gasteiger partial charge is 0.306 e. The van der Waals surface area contributed by atoms with E-state index >= 15 is 0 Å². The molecular formula is C20H22FNO3. The molecule has 5 heteroatoms. The summed E-state index contributed by atoms with van der Waals surface area (Å²) in [5.41, 5.74) is 3.05. The van der Waals surface area contributed by atoms with Crippen molar-refractivity contribution in [2.45, 2.75) is 39.7 Å². The van der Waals surface area contributed by atoms with Gasteiger partial charge in [-0.05, 0) is 49.9 Å². The number of hydrogen-bond donors (Lipinski definition) is 1. The van der Waals surface area contributed by atoms with E-state index in [1.165, 1.54) is 13.0 Å². The number of esters is 1. The Morgan fingerprint density at radius 1 is 1.08 bits per heavy atom. The van der Waals surface area contributed by atoms with Gasteiger partial charge in [-0.25, -0.2) is 4.39 Å². The van der Waals surface area contributed by atoms with E-state index in [9.17, 15) is 14.0 Å². The summed E-state index contributed by atoms with van der Waals surface area (Å²) in [7, 11) is 0. The molecule has 132 valence electrons. The number of amides is 1. The molecule has 0 spiro atoms. The average molecular weight is 343 g/mol. The SMILES string of the molecule is Cc1cccc(C)c1NC(=O)[C@@H](C)OC(=O)CCc1ccccc1F. The Kier molecular flexibility index (Phi) is 6.28. The van der Waals surface area contributed by atoms with Gasteiger partial charge in [0.05, 0.1) is 0 Å². The third kappa shape index (κ3) is 5.14. The maximum absolute atomic E-state index is 13.5. The van der Waals surface area contributed by atoms with Crippen LogP contribution in [0.5, 0.6) is 0 Å². The zero-order valence-corrected chi connectivity index (χ0v) is 14.6. The maximum atomic E-state index is 13.5. The Hall–Kier alpha value is -2.69. The van der Waals surface area contributed by atoms with Gasteiger partial charge in [-0.3, -0.25) is 9.59 Å². The summed E-state index contributed by atoms with van der Waals surface area (Å²) >= 11 is 0. The second-order valence-electron chi connectivity index (χ2n) is 5.98. The third-order valence-electron chi connectivity index (χ3n) is 3.96. The Bertz CT molecular complexity index is 753. The molecule has 0 radical (unpaired) electrons. The van der Waals surface area contributed by atoms with E-state index in [4.69, 9.17) is 4.74 Å². The molecule has 2 rings (SSSR count). The summed E-state index contributed by atoms with van der Waals surface area (Å²) in [4.78, 5) is 24.1. The van der Waals surface area contributed by atoms with E-state index in [1.54, 1.807) is 18.2 Å². The molecule has 1 N–H and O–H groups in total. The molecule has 1 atom stereocenters. The van der Waals surface area contributed by atoms with Crippen LogP contribution >= 0.6 is 0 Å². The lowest BCUT2D eigenvalue weighted by Gasteiger charge is -2.16. The minimum atomic E-state index is -0.924. The number of hydrogen-bond acceptors (Lipinski definition) is 3. The molecule has 2 aromatic rings. The Morgan fingerprint density at radius 3 is 2.36 bits per heavy atom. The zero-order chi connectivity index (χ0) is 18.4. The second-order valence-corrected chi connectivity index (χ2v) is 5.98. The summed E-state index contributed by atoms with van der Waals surface area (Å²) in [5, 5.41) is 2.79. The van der Waals surface area contributed by atoms with Crippen molar-refractivity contribution < 1.29 is 18.7 Å². The molecule has 0 bridgehead atoms. The van der Waals surface area contributed by atoms with Crippen LogP contribution in [0, 0.1) is 19.7 Å². The molecule has 0 fully saturated rings. The number of carbonyl (C=O) groups is 2. The van der Waals surface area contributed by atoms with E-state index in [-0.39, 0.29) is 18.7 Å². The monoisotopic (exact) mass is 343 g/mol. The number of aryl methyl sites for hydroxylation is 3. The highest BCUT2D eigenvalue weighted by molar-refractivity contribution is 5.96. The van der Waals surface area contributed by atoms with E-state index in [0.29, 0.717) is 5.56 Å². The van der Waals surface area contributed by atoms with E-state index in [0.717, 1.165) is 16.8 Å². The fraction of sp³-hybridized carbons (Fsp3) is 0.300. The minimum Gasteiger partial charge on any atom is -0.453 e. The van der Waals surface area contributed by atoms with Crippen molar-refractivity contribution in [1.82, 2.24) is 0 Å². The first kappa shape index (κ1) is 18.6. The topological polar surface area (TPSA) is 55.4 Å². The fourth-order valence-corrected chi connectivity index (χ4v) is 2.48. The molecule has 0 saturated carbocycles. The van der Waals surface area contributed by atoms with Crippen molar-refractivity contribution in [3.05, 3.63) is 65.0 Å². The van der Waals surface area contributed by atoms with E-state index in [2.05, 4.69) is 5.32 Å². The molecule has 0 aromatic heterocycles. The van der Waals surface area contributed by atoms with Crippen LogP contribution < -0.4 is 5.32 Å². The standard InChI is InChI=1S/C20H22FNO3/c1-13-7-6-8-14(2)19(13)22-20(24)15(3)25-18(23)12-11-16-9-4-5-10-17(16)21/h4-10,15H,11-12H2,1-3H3,(H,22,24)/t15-/m1/s1. The molecule has 0 saturated heterocycles. The Balaban J connectivity index is 1.88. The lowest BCUT2D eigenvalue weighted by molar-refractivity contribution is -0.153. The number of nitrogens with one attached hydrogen (secondary N) is 1. The largest absolute Gasteiger partial charge is 0.453 e. The van der Waals surface area contributed by atoms with Gasteiger partial charge in [-0.1, -0.05) is 36.4 Å². The molecule has 0 aliphatic rings. The second kappa shape index (κ2) is 8.42. The summed E-state index contributed by atoms with van der Waals surface area (Å²) in [5.74, 6) is -1.28. The van der Waals surface area contributed by atoms with Crippen LogP contribution in [-0.4, -0.2) is 18.0 Å². The number of para-hydroxylation sites is 1. The highest BCUT2D eigenvalue weighted by Crippen LogP contribution is 2.20. The number of anilines is 1. The molecule has 0 aliphatic heterocycles. The van der Waals surface area contributed by atoms with Crippen molar-refractivity contribution in [1.29, 1.82) is 0 Å². The van der Waals surface area contributed by atoms with Crippen molar-refractivity contribution in [2.75, 3.05) is 5.32 Å². The van der Waals surface area contributed by atoms with Crippen molar-refractivity contribution in [2.24, 2.45) is 0 Å².